The van der Waals surface area contributed by atoms with Gasteiger partial charge in [-0.05, 0) is 60.0 Å². The minimum atomic E-state index is -0.663. The molecule has 6 aliphatic rings. The molecule has 5 atom stereocenters. The number of halogens is 1. The molecule has 0 saturated carbocycles. The van der Waals surface area contributed by atoms with Gasteiger partial charge < -0.3 is 24.0 Å². The number of benzene rings is 2. The van der Waals surface area contributed by atoms with Gasteiger partial charge in [0, 0.05) is 76.1 Å². The third-order valence-corrected chi connectivity index (χ3v) is 9.90. The zero-order chi connectivity index (χ0) is 31.5. The molecular weight excluding hydrogens is 593 g/mol. The minimum Gasteiger partial charge on any atom is -0.489 e. The summed E-state index contributed by atoms with van der Waals surface area (Å²) in [5, 5.41) is 3.11. The van der Waals surface area contributed by atoms with E-state index in [1.54, 1.807) is 25.3 Å². The summed E-state index contributed by atoms with van der Waals surface area (Å²) < 4.78 is 33.1. The second-order valence-corrected chi connectivity index (χ2v) is 13.1. The van der Waals surface area contributed by atoms with Crippen molar-refractivity contribution in [1.82, 2.24) is 20.1 Å². The Bertz CT molecular complexity index is 1720. The van der Waals surface area contributed by atoms with E-state index in [9.17, 15) is 14.4 Å². The number of rotatable bonds is 8. The smallest absolute Gasteiger partial charge is 0.255 e. The van der Waals surface area contributed by atoms with Crippen LogP contribution in [0.15, 0.2) is 42.5 Å². The standard InChI is InChI=1S/C34H36FN5O6/c1-44-18-22-13-38(12-19-8-20-2-6-30(36-32(20)27(35)9-19)39-15-24-11-25(16-39)45-24)17-29(22)46-23-3-4-26-21(10-23)14-40(34(26)43)28-5-7-31(41)37-33(28)42/h2-4,6,8-10,22,24-25,28-29H,5,7,11-18H2,1H3,(H,37,41,42)/t22-,24-,25+,28-,29+/m0/s1. The fourth-order valence-corrected chi connectivity index (χ4v) is 7.67. The lowest BCUT2D eigenvalue weighted by Gasteiger charge is -2.47. The van der Waals surface area contributed by atoms with E-state index in [2.05, 4.69) is 20.1 Å². The molecule has 240 valence electrons. The zero-order valence-corrected chi connectivity index (χ0v) is 25.6. The number of ether oxygens (including phenoxy) is 3. The van der Waals surface area contributed by atoms with Crippen molar-refractivity contribution in [3.63, 3.8) is 0 Å². The Labute approximate surface area is 265 Å². The van der Waals surface area contributed by atoms with Gasteiger partial charge in [-0.25, -0.2) is 9.37 Å². The topological polar surface area (TPSA) is 114 Å². The van der Waals surface area contributed by atoms with E-state index in [4.69, 9.17) is 14.2 Å². The van der Waals surface area contributed by atoms with Crippen molar-refractivity contribution in [3.8, 4) is 5.75 Å². The summed E-state index contributed by atoms with van der Waals surface area (Å²) in [5.41, 5.74) is 2.58. The Morgan fingerprint density at radius 1 is 1.04 bits per heavy atom. The number of morpholine rings is 1. The number of carbonyl (C=O) groups is 3. The fraction of sp³-hybridized carbons (Fsp3) is 0.471. The number of carbonyl (C=O) groups excluding carboxylic acids is 3. The van der Waals surface area contributed by atoms with Crippen molar-refractivity contribution in [1.29, 1.82) is 0 Å². The van der Waals surface area contributed by atoms with Gasteiger partial charge in [0.25, 0.3) is 5.91 Å². The molecule has 5 fully saturated rings. The van der Waals surface area contributed by atoms with Crippen molar-refractivity contribution in [2.24, 2.45) is 5.92 Å². The van der Waals surface area contributed by atoms with Gasteiger partial charge in [-0.15, -0.1) is 0 Å². The van der Waals surface area contributed by atoms with Crippen LogP contribution in [0.5, 0.6) is 5.75 Å². The molecule has 2 bridgehead atoms. The molecule has 0 unspecified atom stereocenters. The van der Waals surface area contributed by atoms with Crippen LogP contribution in [0.1, 0.15) is 40.7 Å². The zero-order valence-electron chi connectivity index (χ0n) is 25.6. The number of methoxy groups -OCH3 is 1. The molecule has 0 spiro atoms. The molecule has 46 heavy (non-hydrogen) atoms. The van der Waals surface area contributed by atoms with Crippen LogP contribution >= 0.6 is 0 Å². The highest BCUT2D eigenvalue weighted by molar-refractivity contribution is 6.05. The van der Waals surface area contributed by atoms with Crippen molar-refractivity contribution in [2.75, 3.05) is 44.8 Å². The first-order chi connectivity index (χ1) is 22.3. The number of nitrogens with zero attached hydrogens (tertiary/aromatic N) is 4. The Hall–Kier alpha value is -4.13. The molecule has 7 heterocycles. The van der Waals surface area contributed by atoms with Gasteiger partial charge in [-0.3, -0.25) is 24.6 Å². The number of pyridine rings is 1. The first kappa shape index (κ1) is 29.3. The predicted molar refractivity (Wildman–Crippen MR) is 165 cm³/mol. The maximum Gasteiger partial charge on any atom is 0.255 e. The van der Waals surface area contributed by atoms with Crippen LogP contribution in [-0.2, 0) is 32.2 Å². The third-order valence-electron chi connectivity index (χ3n) is 9.90. The molecule has 5 saturated heterocycles. The van der Waals surface area contributed by atoms with Gasteiger partial charge in [0.1, 0.15) is 35.0 Å². The van der Waals surface area contributed by atoms with E-state index < -0.39 is 11.9 Å². The first-order valence-corrected chi connectivity index (χ1v) is 16.0. The lowest BCUT2D eigenvalue weighted by molar-refractivity contribution is -0.137. The van der Waals surface area contributed by atoms with Crippen molar-refractivity contribution < 1.29 is 33.0 Å². The quantitative estimate of drug-likeness (QED) is 0.376. The summed E-state index contributed by atoms with van der Waals surface area (Å²) in [5.74, 6) is 0.237. The summed E-state index contributed by atoms with van der Waals surface area (Å²) in [6, 6.07) is 12.3. The number of anilines is 1. The fourth-order valence-electron chi connectivity index (χ4n) is 7.67. The van der Waals surface area contributed by atoms with Crippen molar-refractivity contribution in [3.05, 3.63) is 65.0 Å². The number of amides is 3. The largest absolute Gasteiger partial charge is 0.489 e. The van der Waals surface area contributed by atoms with Crippen LogP contribution in [0.25, 0.3) is 10.9 Å². The van der Waals surface area contributed by atoms with E-state index in [0.29, 0.717) is 42.9 Å². The molecule has 1 N–H and O–H groups in total. The van der Waals surface area contributed by atoms with E-state index in [-0.39, 0.29) is 54.8 Å². The first-order valence-electron chi connectivity index (χ1n) is 16.0. The van der Waals surface area contributed by atoms with Crippen LogP contribution in [0.2, 0.25) is 0 Å². The predicted octanol–water partition coefficient (Wildman–Crippen LogP) is 2.64. The molecule has 1 aromatic heterocycles. The molecule has 2 aromatic carbocycles. The van der Waals surface area contributed by atoms with Crippen molar-refractivity contribution >= 4 is 34.4 Å². The van der Waals surface area contributed by atoms with Gasteiger partial charge in [0.05, 0.1) is 18.8 Å². The molecule has 6 aliphatic heterocycles. The maximum absolute atomic E-state index is 15.4. The number of likely N-dealkylation sites (tertiary alicyclic amines) is 1. The number of imide groups is 1. The third kappa shape index (κ3) is 5.37. The van der Waals surface area contributed by atoms with Crippen LogP contribution in [-0.4, -0.2) is 96.8 Å². The molecule has 3 amide bonds. The van der Waals surface area contributed by atoms with Gasteiger partial charge in [0.15, 0.2) is 0 Å². The normalized spacial score (nSPS) is 27.6. The number of fused-ring (bicyclic) bond motifs is 4. The molecular formula is C34H36FN5O6. The number of nitrogens with one attached hydrogen (secondary N) is 1. The summed E-state index contributed by atoms with van der Waals surface area (Å²) in [6.07, 6.45) is 1.95. The van der Waals surface area contributed by atoms with Crippen LogP contribution < -0.4 is 15.0 Å². The molecule has 3 aromatic rings. The lowest BCUT2D eigenvalue weighted by Crippen LogP contribution is -2.57. The second kappa shape index (κ2) is 11.6. The summed E-state index contributed by atoms with van der Waals surface area (Å²) in [7, 11) is 1.67. The second-order valence-electron chi connectivity index (χ2n) is 13.1. The Balaban J connectivity index is 0.942. The number of aromatic nitrogens is 1. The minimum absolute atomic E-state index is 0.0918. The highest BCUT2D eigenvalue weighted by atomic mass is 19.1. The van der Waals surface area contributed by atoms with Crippen molar-refractivity contribution in [2.45, 2.75) is 56.7 Å². The average Bonchev–Trinajstić information content (AvgIpc) is 3.55. The van der Waals surface area contributed by atoms with Gasteiger partial charge in [0.2, 0.25) is 11.8 Å². The highest BCUT2D eigenvalue weighted by Gasteiger charge is 2.41. The Morgan fingerprint density at radius 3 is 2.65 bits per heavy atom. The summed E-state index contributed by atoms with van der Waals surface area (Å²) >= 11 is 0. The SMILES string of the molecule is COC[C@@H]1CN(Cc2cc(F)c3nc(N4C[C@H]5C[C@@H](C4)O5)ccc3c2)C[C@H]1Oc1ccc2c(c1)CN([C@H]1CCC(=O)NC1=O)C2=O. The lowest BCUT2D eigenvalue weighted by atomic mass is 9.99. The molecule has 12 heteroatoms. The maximum atomic E-state index is 15.4. The van der Waals surface area contributed by atoms with E-state index in [1.807, 2.05) is 24.3 Å². The van der Waals surface area contributed by atoms with E-state index >= 15 is 4.39 Å². The molecule has 11 nitrogen and oxygen atoms in total. The van der Waals surface area contributed by atoms with Crippen LogP contribution in [0, 0.1) is 11.7 Å². The van der Waals surface area contributed by atoms with Gasteiger partial charge in [-0.1, -0.05) is 0 Å². The molecule has 0 radical (unpaired) electrons. The molecule has 9 rings (SSSR count). The van der Waals surface area contributed by atoms with Gasteiger partial charge >= 0.3 is 0 Å². The number of hydrogen-bond donors (Lipinski definition) is 1. The number of piperidine rings is 2. The number of hydrogen-bond acceptors (Lipinski definition) is 9. The Morgan fingerprint density at radius 2 is 1.87 bits per heavy atom. The molecule has 0 aliphatic carbocycles. The van der Waals surface area contributed by atoms with Crippen LogP contribution in [0.4, 0.5) is 10.2 Å². The van der Waals surface area contributed by atoms with Crippen LogP contribution in [0.3, 0.4) is 0 Å². The van der Waals surface area contributed by atoms with E-state index in [0.717, 1.165) is 48.4 Å². The monoisotopic (exact) mass is 629 g/mol. The average molecular weight is 630 g/mol. The summed E-state index contributed by atoms with van der Waals surface area (Å²) in [6.45, 7) is 4.29. The summed E-state index contributed by atoms with van der Waals surface area (Å²) in [4.78, 5) is 47.7. The van der Waals surface area contributed by atoms with E-state index in [1.165, 1.54) is 4.90 Å². The Kier molecular flexibility index (Phi) is 7.38. The highest BCUT2D eigenvalue weighted by Crippen LogP contribution is 2.34. The van der Waals surface area contributed by atoms with Gasteiger partial charge in [-0.2, -0.15) is 0 Å².